The Morgan fingerprint density at radius 1 is 1.50 bits per heavy atom. The molecule has 1 heterocycles. The molecule has 1 aromatic rings. The van der Waals surface area contributed by atoms with Crippen molar-refractivity contribution in [2.45, 2.75) is 6.92 Å². The highest BCUT2D eigenvalue weighted by Crippen LogP contribution is 2.13. The molecule has 0 radical (unpaired) electrons. The fourth-order valence-corrected chi connectivity index (χ4v) is 0.573. The number of aromatic nitrogens is 1. The van der Waals surface area contributed by atoms with E-state index < -0.39 is 0 Å². The lowest BCUT2D eigenvalue weighted by Crippen LogP contribution is -1.90. The summed E-state index contributed by atoms with van der Waals surface area (Å²) in [5.74, 6) is 0.620. The van der Waals surface area contributed by atoms with E-state index in [-0.39, 0.29) is 18.2 Å². The summed E-state index contributed by atoms with van der Waals surface area (Å²) in [4.78, 5) is 3.80. The van der Waals surface area contributed by atoms with E-state index in [0.717, 1.165) is 0 Å². The molecule has 0 fully saturated rings. The van der Waals surface area contributed by atoms with Crippen LogP contribution in [0.25, 0.3) is 0 Å². The first-order chi connectivity index (χ1) is 4.20. The molecule has 4 heteroatoms. The summed E-state index contributed by atoms with van der Waals surface area (Å²) < 4.78 is 0. The van der Waals surface area contributed by atoms with Crippen LogP contribution in [0.2, 0.25) is 0 Å². The fraction of sp³-hybridized carbons (Fsp3) is 0.167. The monoisotopic (exact) mass is 160 g/mol. The second kappa shape index (κ2) is 3.27. The van der Waals surface area contributed by atoms with Crippen LogP contribution in [0.3, 0.4) is 0 Å². The third kappa shape index (κ3) is 1.77. The molecule has 0 aromatic carbocycles. The largest absolute Gasteiger partial charge is 0.506 e. The average Bonchev–Trinajstić information content (AvgIpc) is 1.80. The minimum absolute atomic E-state index is 0. The number of nitrogen functional groups attached to an aromatic ring is 1. The summed E-state index contributed by atoms with van der Waals surface area (Å²) in [6.45, 7) is 1.70. The predicted molar refractivity (Wildman–Crippen MR) is 42.3 cm³/mol. The second-order valence-electron chi connectivity index (χ2n) is 1.84. The van der Waals surface area contributed by atoms with Crippen molar-refractivity contribution in [3.05, 3.63) is 17.8 Å². The van der Waals surface area contributed by atoms with E-state index in [0.29, 0.717) is 11.5 Å². The van der Waals surface area contributed by atoms with E-state index in [4.69, 9.17) is 10.8 Å². The Morgan fingerprint density at radius 2 is 2.10 bits per heavy atom. The molecule has 0 bridgehead atoms. The van der Waals surface area contributed by atoms with Gasteiger partial charge in [-0.2, -0.15) is 0 Å². The molecular formula is C6H9ClN2O. The Kier molecular flexibility index (Phi) is 2.96. The smallest absolute Gasteiger partial charge is 0.136 e. The number of pyridine rings is 1. The highest BCUT2D eigenvalue weighted by molar-refractivity contribution is 5.85. The van der Waals surface area contributed by atoms with Gasteiger partial charge in [-0.15, -0.1) is 12.4 Å². The molecule has 3 nitrogen and oxygen atoms in total. The third-order valence-electron chi connectivity index (χ3n) is 1.08. The number of aryl methyl sites for hydroxylation is 1. The van der Waals surface area contributed by atoms with E-state index in [1.165, 1.54) is 6.07 Å². The maximum absolute atomic E-state index is 8.93. The van der Waals surface area contributed by atoms with Gasteiger partial charge in [0.05, 0.1) is 5.69 Å². The number of nitrogens with two attached hydrogens (primary N) is 1. The molecule has 1 rings (SSSR count). The molecule has 0 unspecified atom stereocenters. The molecule has 0 aliphatic heterocycles. The summed E-state index contributed by atoms with van der Waals surface area (Å²) in [5.41, 5.74) is 5.87. The molecule has 1 aromatic heterocycles. The van der Waals surface area contributed by atoms with Crippen LogP contribution in [-0.2, 0) is 0 Å². The van der Waals surface area contributed by atoms with Crippen molar-refractivity contribution < 1.29 is 5.11 Å². The normalized spacial score (nSPS) is 8.50. The van der Waals surface area contributed by atoms with Gasteiger partial charge < -0.3 is 10.8 Å². The van der Waals surface area contributed by atoms with Gasteiger partial charge in [0.25, 0.3) is 0 Å². The van der Waals surface area contributed by atoms with Crippen LogP contribution >= 0.6 is 12.4 Å². The van der Waals surface area contributed by atoms with Gasteiger partial charge in [0.2, 0.25) is 0 Å². The molecular weight excluding hydrogens is 152 g/mol. The number of hydrogen-bond donors (Lipinski definition) is 2. The highest BCUT2D eigenvalue weighted by atomic mass is 35.5. The Morgan fingerprint density at radius 3 is 2.50 bits per heavy atom. The Balaban J connectivity index is 0.000000810. The van der Waals surface area contributed by atoms with Crippen LogP contribution in [0.4, 0.5) is 5.82 Å². The van der Waals surface area contributed by atoms with E-state index in [9.17, 15) is 0 Å². The number of nitrogens with zero attached hydrogens (tertiary/aromatic N) is 1. The molecule has 56 valence electrons. The molecule has 0 spiro atoms. The van der Waals surface area contributed by atoms with Gasteiger partial charge in [0.15, 0.2) is 0 Å². The van der Waals surface area contributed by atoms with Crippen LogP contribution < -0.4 is 5.73 Å². The number of halogens is 1. The third-order valence-corrected chi connectivity index (χ3v) is 1.08. The zero-order valence-electron chi connectivity index (χ0n) is 5.53. The van der Waals surface area contributed by atoms with Gasteiger partial charge in [-0.05, 0) is 19.1 Å². The SMILES string of the molecule is Cc1nc(N)ccc1O.Cl. The van der Waals surface area contributed by atoms with Gasteiger partial charge >= 0.3 is 0 Å². The Bertz CT molecular complexity index is 227. The van der Waals surface area contributed by atoms with E-state index in [2.05, 4.69) is 4.98 Å². The maximum atomic E-state index is 8.93. The first kappa shape index (κ1) is 9.04. The summed E-state index contributed by atoms with van der Waals surface area (Å²) in [6, 6.07) is 3.08. The molecule has 0 aliphatic rings. The molecule has 0 saturated carbocycles. The Hall–Kier alpha value is -0.960. The molecule has 10 heavy (non-hydrogen) atoms. The molecule has 0 saturated heterocycles. The van der Waals surface area contributed by atoms with Crippen LogP contribution in [0, 0.1) is 6.92 Å². The van der Waals surface area contributed by atoms with Gasteiger partial charge in [-0.25, -0.2) is 4.98 Å². The van der Waals surface area contributed by atoms with Crippen LogP contribution in [0.1, 0.15) is 5.69 Å². The van der Waals surface area contributed by atoms with Crippen molar-refractivity contribution in [3.63, 3.8) is 0 Å². The van der Waals surface area contributed by atoms with Crippen molar-refractivity contribution in [1.29, 1.82) is 0 Å². The van der Waals surface area contributed by atoms with Crippen molar-refractivity contribution >= 4 is 18.2 Å². The quantitative estimate of drug-likeness (QED) is 0.598. The van der Waals surface area contributed by atoms with E-state index in [1.54, 1.807) is 13.0 Å². The number of anilines is 1. The maximum Gasteiger partial charge on any atom is 0.136 e. The van der Waals surface area contributed by atoms with E-state index >= 15 is 0 Å². The summed E-state index contributed by atoms with van der Waals surface area (Å²) in [7, 11) is 0. The van der Waals surface area contributed by atoms with Crippen molar-refractivity contribution in [3.8, 4) is 5.75 Å². The first-order valence-corrected chi connectivity index (χ1v) is 2.62. The summed E-state index contributed by atoms with van der Waals surface area (Å²) in [6.07, 6.45) is 0. The van der Waals surface area contributed by atoms with Crippen LogP contribution in [0.5, 0.6) is 5.75 Å². The zero-order chi connectivity index (χ0) is 6.85. The fourth-order valence-electron chi connectivity index (χ4n) is 0.573. The molecule has 0 aliphatic carbocycles. The van der Waals surface area contributed by atoms with Crippen molar-refractivity contribution in [2.75, 3.05) is 5.73 Å². The number of hydrogen-bond acceptors (Lipinski definition) is 3. The number of aromatic hydroxyl groups is 1. The molecule has 3 N–H and O–H groups in total. The van der Waals surface area contributed by atoms with Gasteiger partial charge in [0, 0.05) is 0 Å². The van der Waals surface area contributed by atoms with Gasteiger partial charge in [-0.3, -0.25) is 0 Å². The second-order valence-corrected chi connectivity index (χ2v) is 1.84. The topological polar surface area (TPSA) is 59.1 Å². The van der Waals surface area contributed by atoms with Gasteiger partial charge in [-0.1, -0.05) is 0 Å². The zero-order valence-corrected chi connectivity index (χ0v) is 6.35. The summed E-state index contributed by atoms with van der Waals surface area (Å²) >= 11 is 0. The van der Waals surface area contributed by atoms with Crippen LogP contribution in [0.15, 0.2) is 12.1 Å². The average molecular weight is 161 g/mol. The van der Waals surface area contributed by atoms with Crippen molar-refractivity contribution in [1.82, 2.24) is 4.98 Å². The predicted octanol–water partition coefficient (Wildman–Crippen LogP) is 1.10. The van der Waals surface area contributed by atoms with E-state index in [1.807, 2.05) is 0 Å². The van der Waals surface area contributed by atoms with Gasteiger partial charge in [0.1, 0.15) is 11.6 Å². The minimum Gasteiger partial charge on any atom is -0.506 e. The lowest BCUT2D eigenvalue weighted by Gasteiger charge is -1.96. The standard InChI is InChI=1S/C6H8N2O.ClH/c1-4-5(9)2-3-6(7)8-4;/h2-3,9H,1H3,(H2,7,8);1H. The lowest BCUT2D eigenvalue weighted by atomic mass is 10.3. The molecule has 0 amide bonds. The van der Waals surface area contributed by atoms with Crippen LogP contribution in [-0.4, -0.2) is 10.1 Å². The number of rotatable bonds is 0. The highest BCUT2D eigenvalue weighted by Gasteiger charge is 1.93. The van der Waals surface area contributed by atoms with Crippen molar-refractivity contribution in [2.24, 2.45) is 0 Å². The molecule has 0 atom stereocenters. The summed E-state index contributed by atoms with van der Waals surface area (Å²) in [5, 5.41) is 8.93. The Labute approximate surface area is 65.3 Å². The lowest BCUT2D eigenvalue weighted by molar-refractivity contribution is 0.468. The minimum atomic E-state index is 0. The first-order valence-electron chi connectivity index (χ1n) is 2.62.